The lowest BCUT2D eigenvalue weighted by Gasteiger charge is -2.11. The van der Waals surface area contributed by atoms with E-state index in [9.17, 15) is 0 Å². The van der Waals surface area contributed by atoms with Crippen LogP contribution in [0.1, 0.15) is 26.2 Å². The van der Waals surface area contributed by atoms with Crippen molar-refractivity contribution in [3.63, 3.8) is 0 Å². The lowest BCUT2D eigenvalue weighted by Crippen LogP contribution is -2.11. The molecule has 0 aromatic heterocycles. The molecule has 1 aliphatic carbocycles. The molecule has 58 valence electrons. The molecule has 2 aliphatic rings. The van der Waals surface area contributed by atoms with Gasteiger partial charge in [-0.3, -0.25) is 0 Å². The third-order valence-electron chi connectivity index (χ3n) is 2.24. The van der Waals surface area contributed by atoms with E-state index in [0.29, 0.717) is 18.3 Å². The van der Waals surface area contributed by atoms with Gasteiger partial charge in [-0.2, -0.15) is 0 Å². The molecule has 2 nitrogen and oxygen atoms in total. The maximum atomic E-state index is 5.57. The molecule has 0 N–H and O–H groups in total. The van der Waals surface area contributed by atoms with Crippen LogP contribution in [0.25, 0.3) is 0 Å². The maximum absolute atomic E-state index is 5.57. The Bertz CT molecular complexity index is 114. The highest BCUT2D eigenvalue weighted by Gasteiger charge is 2.48. The fraction of sp³-hybridized carbons (Fsp3) is 1.00. The van der Waals surface area contributed by atoms with Crippen molar-refractivity contribution in [1.82, 2.24) is 0 Å². The lowest BCUT2D eigenvalue weighted by atomic mass is 10.3. The monoisotopic (exact) mass is 142 g/mol. The van der Waals surface area contributed by atoms with Gasteiger partial charge in [0.1, 0.15) is 0 Å². The number of rotatable bonds is 3. The summed E-state index contributed by atoms with van der Waals surface area (Å²) in [7, 11) is 0. The fourth-order valence-corrected chi connectivity index (χ4v) is 1.63. The molecule has 10 heavy (non-hydrogen) atoms. The van der Waals surface area contributed by atoms with E-state index in [1.165, 1.54) is 0 Å². The number of epoxide rings is 1. The summed E-state index contributed by atoms with van der Waals surface area (Å²) < 4.78 is 10.9. The molecule has 0 bridgehead atoms. The molecule has 1 aliphatic heterocycles. The Balaban J connectivity index is 1.66. The average Bonchev–Trinajstić information content (AvgIpc) is 2.56. The lowest BCUT2D eigenvalue weighted by molar-refractivity contribution is 0.0338. The zero-order valence-electron chi connectivity index (χ0n) is 6.38. The van der Waals surface area contributed by atoms with Crippen molar-refractivity contribution in [3.05, 3.63) is 0 Å². The molecule has 2 fully saturated rings. The van der Waals surface area contributed by atoms with E-state index < -0.39 is 0 Å². The molecule has 0 radical (unpaired) electrons. The normalized spacial score (nSPS) is 43.5. The number of hydrogen-bond donors (Lipinski definition) is 0. The van der Waals surface area contributed by atoms with Crippen molar-refractivity contribution in [2.75, 3.05) is 6.61 Å². The van der Waals surface area contributed by atoms with E-state index in [0.717, 1.165) is 25.9 Å². The average molecular weight is 142 g/mol. The van der Waals surface area contributed by atoms with Gasteiger partial charge in [0.2, 0.25) is 0 Å². The Morgan fingerprint density at radius 2 is 2.10 bits per heavy atom. The van der Waals surface area contributed by atoms with Crippen molar-refractivity contribution < 1.29 is 9.47 Å². The third-order valence-corrected chi connectivity index (χ3v) is 2.24. The number of fused-ring (bicyclic) bond motifs is 1. The van der Waals surface area contributed by atoms with Crippen molar-refractivity contribution in [2.24, 2.45) is 0 Å². The van der Waals surface area contributed by atoms with Gasteiger partial charge in [-0.05, 0) is 6.42 Å². The van der Waals surface area contributed by atoms with E-state index in [1.54, 1.807) is 0 Å². The third kappa shape index (κ3) is 1.18. The van der Waals surface area contributed by atoms with Crippen molar-refractivity contribution in [3.8, 4) is 0 Å². The first-order chi connectivity index (χ1) is 4.90. The van der Waals surface area contributed by atoms with Gasteiger partial charge in [0.05, 0.1) is 18.3 Å². The zero-order chi connectivity index (χ0) is 6.97. The molecule has 2 rings (SSSR count). The Kier molecular flexibility index (Phi) is 1.66. The molecule has 1 saturated heterocycles. The first-order valence-corrected chi connectivity index (χ1v) is 4.17. The molecule has 0 aromatic carbocycles. The van der Waals surface area contributed by atoms with Crippen LogP contribution in [-0.2, 0) is 9.47 Å². The summed E-state index contributed by atoms with van der Waals surface area (Å²) >= 11 is 0. The molecular formula is C8H14O2. The largest absolute Gasteiger partial charge is 0.378 e. The minimum atomic E-state index is 0.517. The summed E-state index contributed by atoms with van der Waals surface area (Å²) in [5.74, 6) is 0. The van der Waals surface area contributed by atoms with Crippen molar-refractivity contribution in [1.29, 1.82) is 0 Å². The summed E-state index contributed by atoms with van der Waals surface area (Å²) in [5, 5.41) is 0. The summed E-state index contributed by atoms with van der Waals surface area (Å²) in [4.78, 5) is 0. The molecule has 0 spiro atoms. The predicted molar refractivity (Wildman–Crippen MR) is 37.9 cm³/mol. The van der Waals surface area contributed by atoms with Crippen LogP contribution >= 0.6 is 0 Å². The van der Waals surface area contributed by atoms with Crippen molar-refractivity contribution >= 4 is 0 Å². The Labute approximate surface area is 61.5 Å². The van der Waals surface area contributed by atoms with E-state index in [1.807, 2.05) is 0 Å². The molecule has 2 heteroatoms. The highest BCUT2D eigenvalue weighted by molar-refractivity contribution is 4.96. The van der Waals surface area contributed by atoms with Gasteiger partial charge in [-0.15, -0.1) is 0 Å². The highest BCUT2D eigenvalue weighted by Crippen LogP contribution is 2.39. The molecule has 0 aromatic rings. The van der Waals surface area contributed by atoms with Crippen LogP contribution in [0, 0.1) is 0 Å². The second-order valence-corrected chi connectivity index (χ2v) is 3.18. The molecule has 2 atom stereocenters. The first kappa shape index (κ1) is 6.62. The summed E-state index contributed by atoms with van der Waals surface area (Å²) in [6, 6.07) is 0. The summed E-state index contributed by atoms with van der Waals surface area (Å²) in [5.41, 5.74) is 0. The van der Waals surface area contributed by atoms with Crippen LogP contribution in [0.5, 0.6) is 0 Å². The van der Waals surface area contributed by atoms with E-state index in [2.05, 4.69) is 6.92 Å². The van der Waals surface area contributed by atoms with E-state index in [-0.39, 0.29) is 0 Å². The molecule has 2 unspecified atom stereocenters. The SMILES string of the molecule is CCCOC1CC2OC2C1. The van der Waals surface area contributed by atoms with Crippen LogP contribution in [0.15, 0.2) is 0 Å². The van der Waals surface area contributed by atoms with Gasteiger partial charge in [0.25, 0.3) is 0 Å². The smallest absolute Gasteiger partial charge is 0.0867 e. The Morgan fingerprint density at radius 1 is 1.40 bits per heavy atom. The van der Waals surface area contributed by atoms with E-state index in [4.69, 9.17) is 9.47 Å². The summed E-state index contributed by atoms with van der Waals surface area (Å²) in [6.45, 7) is 3.07. The summed E-state index contributed by atoms with van der Waals surface area (Å²) in [6.07, 6.45) is 5.08. The standard InChI is InChI=1S/C8H14O2/c1-2-3-9-6-4-7-8(5-6)10-7/h6-8H,2-5H2,1H3. The fourth-order valence-electron chi connectivity index (χ4n) is 1.63. The minimum absolute atomic E-state index is 0.517. The highest BCUT2D eigenvalue weighted by atomic mass is 16.6. The van der Waals surface area contributed by atoms with Crippen LogP contribution in [0.2, 0.25) is 0 Å². The number of ether oxygens (including phenoxy) is 2. The van der Waals surface area contributed by atoms with Gasteiger partial charge >= 0.3 is 0 Å². The van der Waals surface area contributed by atoms with Crippen LogP contribution in [0.3, 0.4) is 0 Å². The zero-order valence-corrected chi connectivity index (χ0v) is 6.38. The second-order valence-electron chi connectivity index (χ2n) is 3.18. The van der Waals surface area contributed by atoms with Gasteiger partial charge in [-0.1, -0.05) is 6.92 Å². The van der Waals surface area contributed by atoms with Crippen LogP contribution in [0.4, 0.5) is 0 Å². The number of hydrogen-bond acceptors (Lipinski definition) is 2. The minimum Gasteiger partial charge on any atom is -0.378 e. The topological polar surface area (TPSA) is 21.8 Å². The quantitative estimate of drug-likeness (QED) is 0.555. The van der Waals surface area contributed by atoms with Gasteiger partial charge < -0.3 is 9.47 Å². The van der Waals surface area contributed by atoms with Gasteiger partial charge in [0.15, 0.2) is 0 Å². The van der Waals surface area contributed by atoms with Crippen LogP contribution in [-0.4, -0.2) is 24.9 Å². The molecule has 1 saturated carbocycles. The van der Waals surface area contributed by atoms with Gasteiger partial charge in [-0.25, -0.2) is 0 Å². The van der Waals surface area contributed by atoms with Crippen molar-refractivity contribution in [2.45, 2.75) is 44.5 Å². The molecular weight excluding hydrogens is 128 g/mol. The van der Waals surface area contributed by atoms with Gasteiger partial charge in [0, 0.05) is 19.4 Å². The Hall–Kier alpha value is -0.0800. The Morgan fingerprint density at radius 3 is 2.70 bits per heavy atom. The predicted octanol–water partition coefficient (Wildman–Crippen LogP) is 1.34. The van der Waals surface area contributed by atoms with E-state index >= 15 is 0 Å². The molecule has 0 amide bonds. The first-order valence-electron chi connectivity index (χ1n) is 4.17. The van der Waals surface area contributed by atoms with Crippen LogP contribution < -0.4 is 0 Å². The maximum Gasteiger partial charge on any atom is 0.0867 e. The molecule has 1 heterocycles. The second kappa shape index (κ2) is 2.51.